The SMILES string of the molecule is [CH2-]OC(CO)COC.[CH3-].[W].[Y]. The number of hydrogen-bond donors (Lipinski definition) is 1. The van der Waals surface area contributed by atoms with Gasteiger partial charge in [0.25, 0.3) is 0 Å². The van der Waals surface area contributed by atoms with Gasteiger partial charge in [-0.3, -0.25) is 0 Å². The van der Waals surface area contributed by atoms with Gasteiger partial charge in [-0.25, -0.2) is 7.11 Å². The van der Waals surface area contributed by atoms with Crippen molar-refractivity contribution in [1.82, 2.24) is 0 Å². The fraction of sp³-hybridized carbons (Fsp3) is 0.667. The Morgan fingerprint density at radius 3 is 2.09 bits per heavy atom. The Hall–Kier alpha value is 1.67. The molecule has 0 saturated carbocycles. The van der Waals surface area contributed by atoms with Crippen LogP contribution in [0.2, 0.25) is 0 Å². The molecule has 0 aromatic carbocycles. The third kappa shape index (κ3) is 14.5. The minimum Gasteiger partial charge on any atom is -0.549 e. The van der Waals surface area contributed by atoms with Gasteiger partial charge in [-0.1, -0.05) is 0 Å². The normalized spacial score (nSPS) is 10.1. The van der Waals surface area contributed by atoms with Crippen LogP contribution in [0.25, 0.3) is 0 Å². The summed E-state index contributed by atoms with van der Waals surface area (Å²) in [7, 11) is 4.68. The smallest absolute Gasteiger partial charge is 0.0718 e. The van der Waals surface area contributed by atoms with E-state index >= 15 is 0 Å². The maximum atomic E-state index is 8.41. The van der Waals surface area contributed by atoms with Gasteiger partial charge < -0.3 is 22.0 Å². The Balaban J connectivity index is -0.0000000817. The molecule has 0 spiro atoms. The van der Waals surface area contributed by atoms with E-state index in [-0.39, 0.29) is 73.9 Å². The van der Waals surface area contributed by atoms with Crippen LogP contribution in [0.4, 0.5) is 0 Å². The van der Waals surface area contributed by atoms with E-state index in [0.717, 1.165) is 0 Å². The quantitative estimate of drug-likeness (QED) is 0.680. The summed E-state index contributed by atoms with van der Waals surface area (Å²) in [5, 5.41) is 8.41. The van der Waals surface area contributed by atoms with Crippen LogP contribution in [0.1, 0.15) is 0 Å². The number of hydrogen-bond acceptors (Lipinski definition) is 3. The van der Waals surface area contributed by atoms with E-state index in [4.69, 9.17) is 5.11 Å². The molecule has 67 valence electrons. The maximum absolute atomic E-state index is 8.41. The van der Waals surface area contributed by atoms with Crippen LogP contribution in [-0.2, 0) is 63.2 Å². The fourth-order valence-corrected chi connectivity index (χ4v) is 0.339. The van der Waals surface area contributed by atoms with Gasteiger partial charge in [-0.15, -0.1) is 0 Å². The zero-order valence-electron chi connectivity index (χ0n) is 6.95. The van der Waals surface area contributed by atoms with E-state index in [0.29, 0.717) is 6.61 Å². The molecule has 3 nitrogen and oxygen atoms in total. The Morgan fingerprint density at radius 2 is 2.00 bits per heavy atom. The molecule has 5 heteroatoms. The molecule has 0 bridgehead atoms. The zero-order valence-corrected chi connectivity index (χ0v) is 12.7. The summed E-state index contributed by atoms with van der Waals surface area (Å²) < 4.78 is 9.18. The molecule has 11 heavy (non-hydrogen) atoms. The third-order valence-corrected chi connectivity index (χ3v) is 0.792. The van der Waals surface area contributed by atoms with Crippen molar-refractivity contribution in [3.05, 3.63) is 14.5 Å². The Labute approximate surface area is 108 Å². The first-order chi connectivity index (χ1) is 3.85. The summed E-state index contributed by atoms with van der Waals surface area (Å²) in [4.78, 5) is 0. The van der Waals surface area contributed by atoms with Crippen LogP contribution >= 0.6 is 0 Å². The van der Waals surface area contributed by atoms with Crippen LogP contribution in [0.3, 0.4) is 0 Å². The molecule has 1 unspecified atom stereocenters. The van der Waals surface area contributed by atoms with Crippen LogP contribution in [0.15, 0.2) is 0 Å². The summed E-state index contributed by atoms with van der Waals surface area (Å²) in [6, 6.07) is 0. The average molecular weight is 407 g/mol. The summed E-state index contributed by atoms with van der Waals surface area (Å²) in [5.74, 6) is 0. The van der Waals surface area contributed by atoms with Crippen molar-refractivity contribution in [2.24, 2.45) is 0 Å². The molecule has 0 heterocycles. The summed E-state index contributed by atoms with van der Waals surface area (Å²) in [6.07, 6.45) is -0.278. The molecule has 0 rings (SSSR count). The predicted molar refractivity (Wildman–Crippen MR) is 35.6 cm³/mol. The number of aliphatic hydroxyl groups excluding tert-OH is 1. The van der Waals surface area contributed by atoms with E-state index in [1.54, 1.807) is 7.11 Å². The standard InChI is InChI=1S/C5H11O3.CH3.W.Y/c1-7-4-5(3-6)8-2;;;/h5-6H,2-4H2,1H3;1H3;;/q2*-1;;. The van der Waals surface area contributed by atoms with Gasteiger partial charge in [0, 0.05) is 60.9 Å². The fourth-order valence-electron chi connectivity index (χ4n) is 0.339. The molecule has 0 aliphatic carbocycles. The molecule has 0 aliphatic heterocycles. The van der Waals surface area contributed by atoms with Crippen molar-refractivity contribution in [2.45, 2.75) is 6.10 Å². The van der Waals surface area contributed by atoms with Crippen LogP contribution in [0.5, 0.6) is 0 Å². The van der Waals surface area contributed by atoms with Gasteiger partial charge in [0.05, 0.1) is 19.3 Å². The van der Waals surface area contributed by atoms with Gasteiger partial charge in [-0.2, -0.15) is 0 Å². The second-order valence-electron chi connectivity index (χ2n) is 1.43. The minimum absolute atomic E-state index is 0. The van der Waals surface area contributed by atoms with Crippen molar-refractivity contribution in [3.63, 3.8) is 0 Å². The van der Waals surface area contributed by atoms with Gasteiger partial charge >= 0.3 is 0 Å². The third-order valence-electron chi connectivity index (χ3n) is 0.792. The van der Waals surface area contributed by atoms with E-state index in [9.17, 15) is 0 Å². The van der Waals surface area contributed by atoms with E-state index in [1.807, 2.05) is 0 Å². The molecular formula is C6H14O3WY-2. The molecule has 1 radical (unpaired) electrons. The Kier molecular flexibility index (Phi) is 36.9. The van der Waals surface area contributed by atoms with Crippen LogP contribution in [-0.4, -0.2) is 31.5 Å². The van der Waals surface area contributed by atoms with Gasteiger partial charge in [0.15, 0.2) is 0 Å². The maximum Gasteiger partial charge on any atom is 0.0718 e. The molecule has 1 atom stereocenters. The van der Waals surface area contributed by atoms with Crippen LogP contribution < -0.4 is 0 Å². The van der Waals surface area contributed by atoms with Gasteiger partial charge in [-0.05, 0) is 0 Å². The van der Waals surface area contributed by atoms with Crippen molar-refractivity contribution in [2.75, 3.05) is 20.3 Å². The van der Waals surface area contributed by atoms with Crippen molar-refractivity contribution < 1.29 is 68.4 Å². The topological polar surface area (TPSA) is 38.7 Å². The zero-order chi connectivity index (χ0) is 6.41. The molecule has 0 fully saturated rings. The number of aliphatic hydroxyl groups is 1. The first-order valence-electron chi connectivity index (χ1n) is 2.35. The second-order valence-corrected chi connectivity index (χ2v) is 1.43. The summed E-state index contributed by atoms with van der Waals surface area (Å²) >= 11 is 0. The predicted octanol–water partition coefficient (Wildman–Crippen LogP) is 0.247. The van der Waals surface area contributed by atoms with Crippen LogP contribution in [0, 0.1) is 14.5 Å². The number of ether oxygens (including phenoxy) is 2. The van der Waals surface area contributed by atoms with E-state index < -0.39 is 0 Å². The van der Waals surface area contributed by atoms with Crippen molar-refractivity contribution >= 4 is 0 Å². The van der Waals surface area contributed by atoms with Crippen molar-refractivity contribution in [1.29, 1.82) is 0 Å². The minimum atomic E-state index is -0.278. The number of rotatable bonds is 4. The molecule has 0 aliphatic rings. The number of methoxy groups -OCH3 is 1. The molecule has 0 aromatic rings. The average Bonchev–Trinajstić information content (AvgIpc) is 1.83. The van der Waals surface area contributed by atoms with Gasteiger partial charge in [0.1, 0.15) is 0 Å². The summed E-state index contributed by atoms with van der Waals surface area (Å²) in [6.45, 7) is 0.345. The molecule has 0 aromatic heterocycles. The molecular weight excluding hydrogens is 393 g/mol. The molecule has 0 saturated heterocycles. The monoisotopic (exact) mass is 407 g/mol. The Bertz CT molecular complexity index is 53.1. The molecule has 0 amide bonds. The van der Waals surface area contributed by atoms with E-state index in [1.165, 1.54) is 0 Å². The summed E-state index contributed by atoms with van der Waals surface area (Å²) in [5.41, 5.74) is 0. The van der Waals surface area contributed by atoms with Crippen molar-refractivity contribution in [3.8, 4) is 0 Å². The first-order valence-corrected chi connectivity index (χ1v) is 2.35. The first kappa shape index (κ1) is 23.0. The van der Waals surface area contributed by atoms with Gasteiger partial charge in [0.2, 0.25) is 0 Å². The second kappa shape index (κ2) is 17.7. The van der Waals surface area contributed by atoms with E-state index in [2.05, 4.69) is 16.6 Å². The Morgan fingerprint density at radius 1 is 1.55 bits per heavy atom. The molecule has 1 N–H and O–H groups in total. The largest absolute Gasteiger partial charge is 0.549 e.